The highest BCUT2D eigenvalue weighted by Crippen LogP contribution is 2.21. The van der Waals surface area contributed by atoms with E-state index in [0.29, 0.717) is 0 Å². The van der Waals surface area contributed by atoms with Crippen molar-refractivity contribution < 1.29 is 0 Å². The molecule has 0 amide bonds. The molecule has 0 radical (unpaired) electrons. The van der Waals surface area contributed by atoms with Crippen LogP contribution in [0.5, 0.6) is 0 Å². The average molecular weight is 268 g/mol. The monoisotopic (exact) mass is 268 g/mol. The quantitative estimate of drug-likeness (QED) is 0.897. The lowest BCUT2D eigenvalue weighted by molar-refractivity contribution is 0.208. The molecule has 1 aromatic heterocycles. The summed E-state index contributed by atoms with van der Waals surface area (Å²) in [5.74, 6) is 1.20. The SMILES string of the molecule is c1cc2c(c(CN3CCn4ccnc4C3)c1)CCNC2. The zero-order chi connectivity index (χ0) is 13.4. The molecular weight excluding hydrogens is 248 g/mol. The third kappa shape index (κ3) is 2.15. The third-order valence-corrected chi connectivity index (χ3v) is 4.46. The largest absolute Gasteiger partial charge is 0.333 e. The van der Waals surface area contributed by atoms with Crippen LogP contribution in [-0.4, -0.2) is 27.5 Å². The van der Waals surface area contributed by atoms with Crippen LogP contribution in [0.25, 0.3) is 0 Å². The van der Waals surface area contributed by atoms with Crippen molar-refractivity contribution in [3.8, 4) is 0 Å². The Morgan fingerprint density at radius 2 is 2.25 bits per heavy atom. The fraction of sp³-hybridized carbons (Fsp3) is 0.438. The average Bonchev–Trinajstić information content (AvgIpc) is 2.95. The molecule has 1 N–H and O–H groups in total. The first-order valence-corrected chi connectivity index (χ1v) is 7.43. The van der Waals surface area contributed by atoms with Gasteiger partial charge in [0, 0.05) is 38.6 Å². The molecule has 0 saturated carbocycles. The van der Waals surface area contributed by atoms with Crippen LogP contribution in [0, 0.1) is 0 Å². The predicted octanol–water partition coefficient (Wildman–Crippen LogP) is 1.54. The standard InChI is InChI=1S/C16H20N4/c1-2-13-10-17-5-4-15(13)14(3-1)11-19-8-9-20-7-6-18-16(20)12-19/h1-3,6-7,17H,4-5,8-12H2. The van der Waals surface area contributed by atoms with E-state index >= 15 is 0 Å². The van der Waals surface area contributed by atoms with Gasteiger partial charge < -0.3 is 9.88 Å². The summed E-state index contributed by atoms with van der Waals surface area (Å²) in [6.07, 6.45) is 5.16. The first-order chi connectivity index (χ1) is 9.90. The Hall–Kier alpha value is -1.65. The Labute approximate surface area is 119 Å². The van der Waals surface area contributed by atoms with Crippen molar-refractivity contribution >= 4 is 0 Å². The number of hydrogen-bond donors (Lipinski definition) is 1. The minimum Gasteiger partial charge on any atom is -0.333 e. The van der Waals surface area contributed by atoms with Crippen molar-refractivity contribution in [3.63, 3.8) is 0 Å². The molecule has 0 saturated heterocycles. The number of nitrogens with zero attached hydrogens (tertiary/aromatic N) is 3. The lowest BCUT2D eigenvalue weighted by Gasteiger charge is -2.29. The molecule has 2 aromatic rings. The van der Waals surface area contributed by atoms with Crippen molar-refractivity contribution in [1.82, 2.24) is 19.8 Å². The van der Waals surface area contributed by atoms with Crippen molar-refractivity contribution in [2.24, 2.45) is 0 Å². The molecule has 4 rings (SSSR count). The predicted molar refractivity (Wildman–Crippen MR) is 78.2 cm³/mol. The van der Waals surface area contributed by atoms with Gasteiger partial charge in [-0.3, -0.25) is 4.90 Å². The van der Waals surface area contributed by atoms with E-state index in [-0.39, 0.29) is 0 Å². The van der Waals surface area contributed by atoms with Gasteiger partial charge in [0.15, 0.2) is 0 Å². The van der Waals surface area contributed by atoms with Gasteiger partial charge in [0.2, 0.25) is 0 Å². The van der Waals surface area contributed by atoms with Crippen LogP contribution in [0.1, 0.15) is 22.5 Å². The van der Waals surface area contributed by atoms with Crippen LogP contribution in [0.3, 0.4) is 0 Å². The van der Waals surface area contributed by atoms with Crippen LogP contribution in [0.2, 0.25) is 0 Å². The Bertz CT molecular complexity index is 617. The third-order valence-electron chi connectivity index (χ3n) is 4.46. The zero-order valence-electron chi connectivity index (χ0n) is 11.7. The van der Waals surface area contributed by atoms with Crippen molar-refractivity contribution in [2.45, 2.75) is 32.6 Å². The Kier molecular flexibility index (Phi) is 3.05. The van der Waals surface area contributed by atoms with Crippen LogP contribution in [0.15, 0.2) is 30.6 Å². The molecular formula is C16H20N4. The maximum absolute atomic E-state index is 4.45. The van der Waals surface area contributed by atoms with Gasteiger partial charge >= 0.3 is 0 Å². The van der Waals surface area contributed by atoms with Gasteiger partial charge in [0.1, 0.15) is 5.82 Å². The fourth-order valence-electron chi connectivity index (χ4n) is 3.36. The van der Waals surface area contributed by atoms with Crippen LogP contribution in [-0.2, 0) is 32.6 Å². The highest BCUT2D eigenvalue weighted by Gasteiger charge is 2.19. The Morgan fingerprint density at radius 1 is 1.25 bits per heavy atom. The molecule has 4 heteroatoms. The van der Waals surface area contributed by atoms with E-state index in [0.717, 1.165) is 45.7 Å². The number of rotatable bonds is 2. The minimum atomic E-state index is 0.967. The lowest BCUT2D eigenvalue weighted by Crippen LogP contribution is -2.34. The highest BCUT2D eigenvalue weighted by atomic mass is 15.2. The van der Waals surface area contributed by atoms with Crippen molar-refractivity contribution in [3.05, 3.63) is 53.1 Å². The summed E-state index contributed by atoms with van der Waals surface area (Å²) in [5.41, 5.74) is 4.55. The lowest BCUT2D eigenvalue weighted by atomic mass is 9.95. The number of aromatic nitrogens is 2. The number of hydrogen-bond acceptors (Lipinski definition) is 3. The first kappa shape index (κ1) is 12.1. The molecule has 4 nitrogen and oxygen atoms in total. The van der Waals surface area contributed by atoms with Crippen LogP contribution in [0.4, 0.5) is 0 Å². The number of benzene rings is 1. The molecule has 0 aliphatic carbocycles. The van der Waals surface area contributed by atoms with E-state index < -0.39 is 0 Å². The zero-order valence-corrected chi connectivity index (χ0v) is 11.7. The second kappa shape index (κ2) is 5.04. The summed E-state index contributed by atoms with van der Waals surface area (Å²) in [7, 11) is 0. The summed E-state index contributed by atoms with van der Waals surface area (Å²) in [4.78, 5) is 6.96. The molecule has 0 fully saturated rings. The van der Waals surface area contributed by atoms with E-state index in [1.165, 1.54) is 17.0 Å². The second-order valence-electron chi connectivity index (χ2n) is 5.73. The number of nitrogens with one attached hydrogen (secondary N) is 1. The molecule has 1 aromatic carbocycles. The number of imidazole rings is 1. The van der Waals surface area contributed by atoms with E-state index in [1.807, 2.05) is 6.20 Å². The maximum atomic E-state index is 4.45. The van der Waals surface area contributed by atoms with Gasteiger partial charge in [-0.1, -0.05) is 18.2 Å². The molecule has 0 atom stereocenters. The molecule has 0 unspecified atom stereocenters. The maximum Gasteiger partial charge on any atom is 0.122 e. The summed E-state index contributed by atoms with van der Waals surface area (Å²) < 4.78 is 2.26. The summed E-state index contributed by atoms with van der Waals surface area (Å²) >= 11 is 0. The van der Waals surface area contributed by atoms with Gasteiger partial charge in [-0.15, -0.1) is 0 Å². The summed E-state index contributed by atoms with van der Waals surface area (Å²) in [5, 5.41) is 3.45. The smallest absolute Gasteiger partial charge is 0.122 e. The molecule has 0 bridgehead atoms. The van der Waals surface area contributed by atoms with Crippen molar-refractivity contribution in [2.75, 3.05) is 13.1 Å². The van der Waals surface area contributed by atoms with E-state index in [1.54, 1.807) is 5.56 Å². The van der Waals surface area contributed by atoms with Gasteiger partial charge in [-0.2, -0.15) is 0 Å². The van der Waals surface area contributed by atoms with Gasteiger partial charge in [-0.25, -0.2) is 4.98 Å². The normalized spacial score (nSPS) is 18.6. The molecule has 3 heterocycles. The fourth-order valence-corrected chi connectivity index (χ4v) is 3.36. The van der Waals surface area contributed by atoms with Gasteiger partial charge in [0.05, 0.1) is 6.54 Å². The van der Waals surface area contributed by atoms with Crippen molar-refractivity contribution in [1.29, 1.82) is 0 Å². The molecule has 20 heavy (non-hydrogen) atoms. The van der Waals surface area contributed by atoms with Gasteiger partial charge in [0.25, 0.3) is 0 Å². The van der Waals surface area contributed by atoms with E-state index in [9.17, 15) is 0 Å². The molecule has 0 spiro atoms. The molecule has 2 aliphatic heterocycles. The molecule has 104 valence electrons. The topological polar surface area (TPSA) is 33.1 Å². The molecule has 2 aliphatic rings. The summed E-state index contributed by atoms with van der Waals surface area (Å²) in [6.45, 7) is 6.32. The second-order valence-corrected chi connectivity index (χ2v) is 5.73. The van der Waals surface area contributed by atoms with E-state index in [2.05, 4.69) is 44.2 Å². The minimum absolute atomic E-state index is 0.967. The number of fused-ring (bicyclic) bond motifs is 2. The van der Waals surface area contributed by atoms with Crippen LogP contribution < -0.4 is 5.32 Å². The van der Waals surface area contributed by atoms with Crippen LogP contribution >= 0.6 is 0 Å². The Balaban J connectivity index is 1.55. The van der Waals surface area contributed by atoms with Gasteiger partial charge in [-0.05, 0) is 29.7 Å². The van der Waals surface area contributed by atoms with E-state index in [4.69, 9.17) is 0 Å². The first-order valence-electron chi connectivity index (χ1n) is 7.43. The summed E-state index contributed by atoms with van der Waals surface area (Å²) in [6, 6.07) is 6.76. The Morgan fingerprint density at radius 3 is 3.25 bits per heavy atom. The highest BCUT2D eigenvalue weighted by molar-refractivity contribution is 5.37.